The number of carbonyl (C=O) groups excluding carboxylic acids is 1. The fraction of sp³-hybridized carbons (Fsp3) is 0.0370. The van der Waals surface area contributed by atoms with Crippen LogP contribution in [0, 0.1) is 5.41 Å². The predicted octanol–water partition coefficient (Wildman–Crippen LogP) is 5.22. The monoisotopic (exact) mass is 420 g/mol. The Kier molecular flexibility index (Phi) is 6.28. The number of aromatic nitrogens is 1. The molecule has 0 atom stereocenters. The average molecular weight is 421 g/mol. The summed E-state index contributed by atoms with van der Waals surface area (Å²) in [5.41, 5.74) is 10.8. The number of carbonyl (C=O) groups is 1. The van der Waals surface area contributed by atoms with Crippen molar-refractivity contribution in [2.45, 2.75) is 6.54 Å². The summed E-state index contributed by atoms with van der Waals surface area (Å²) in [4.78, 5) is 14.1. The van der Waals surface area contributed by atoms with Crippen LogP contribution in [0.15, 0.2) is 109 Å². The van der Waals surface area contributed by atoms with E-state index in [1.165, 1.54) is 6.20 Å². The van der Waals surface area contributed by atoms with Crippen LogP contribution in [0.2, 0.25) is 0 Å². The third-order valence-electron chi connectivity index (χ3n) is 5.17. The smallest absolute Gasteiger partial charge is 0.253 e. The molecule has 0 spiro atoms. The molecule has 5 nitrogen and oxygen atoms in total. The van der Waals surface area contributed by atoms with E-state index in [1.807, 2.05) is 71.4 Å². The Hall–Kier alpha value is -4.38. The van der Waals surface area contributed by atoms with Gasteiger partial charge in [0.05, 0.1) is 0 Å². The molecule has 0 fully saturated rings. The van der Waals surface area contributed by atoms with Gasteiger partial charge in [0.2, 0.25) is 0 Å². The van der Waals surface area contributed by atoms with Crippen LogP contribution < -0.4 is 5.73 Å². The van der Waals surface area contributed by atoms with E-state index in [4.69, 9.17) is 11.1 Å². The number of amides is 1. The lowest BCUT2D eigenvalue weighted by atomic mass is 10.0. The lowest BCUT2D eigenvalue weighted by Crippen LogP contribution is -2.39. The van der Waals surface area contributed by atoms with Crippen LogP contribution in [0.4, 0.5) is 0 Å². The predicted molar refractivity (Wildman–Crippen MR) is 130 cm³/mol. The second-order valence-electron chi connectivity index (χ2n) is 7.34. The summed E-state index contributed by atoms with van der Waals surface area (Å²) in [5, 5.41) is 7.82. The summed E-state index contributed by atoms with van der Waals surface area (Å²) >= 11 is 0. The maximum atomic E-state index is 12.9. The van der Waals surface area contributed by atoms with Gasteiger partial charge in [0.1, 0.15) is 6.54 Å². The van der Waals surface area contributed by atoms with Gasteiger partial charge in [0.25, 0.3) is 5.91 Å². The van der Waals surface area contributed by atoms with Gasteiger partial charge in [0.15, 0.2) is 5.96 Å². The molecule has 4 rings (SSSR count). The zero-order chi connectivity index (χ0) is 22.3. The minimum Gasteiger partial charge on any atom is -0.369 e. The van der Waals surface area contributed by atoms with E-state index >= 15 is 0 Å². The van der Waals surface area contributed by atoms with Crippen LogP contribution in [0.3, 0.4) is 0 Å². The molecular weight excluding hydrogens is 396 g/mol. The van der Waals surface area contributed by atoms with E-state index in [9.17, 15) is 4.79 Å². The van der Waals surface area contributed by atoms with Crippen LogP contribution in [0.5, 0.6) is 0 Å². The Balaban J connectivity index is 1.52. The van der Waals surface area contributed by atoms with Crippen LogP contribution in [-0.4, -0.2) is 21.3 Å². The van der Waals surface area contributed by atoms with Crippen molar-refractivity contribution in [1.29, 1.82) is 5.41 Å². The Labute approximate surface area is 187 Å². The first-order valence-electron chi connectivity index (χ1n) is 10.3. The SMILES string of the molecule is N=C(N)N(C=Cc1ccccc1)C(=O)Cn1cccc1-c1ccc(-c2ccccc2)cc1. The first-order valence-corrected chi connectivity index (χ1v) is 10.3. The van der Waals surface area contributed by atoms with Crippen LogP contribution in [-0.2, 0) is 11.3 Å². The maximum Gasteiger partial charge on any atom is 0.253 e. The first kappa shape index (κ1) is 20.9. The highest BCUT2D eigenvalue weighted by atomic mass is 16.2. The Morgan fingerprint density at radius 2 is 1.41 bits per heavy atom. The van der Waals surface area contributed by atoms with Gasteiger partial charge in [-0.05, 0) is 40.5 Å². The largest absolute Gasteiger partial charge is 0.369 e. The third kappa shape index (κ3) is 4.84. The molecular formula is C27H24N4O. The zero-order valence-electron chi connectivity index (χ0n) is 17.6. The van der Waals surface area contributed by atoms with E-state index in [1.54, 1.807) is 6.08 Å². The molecule has 3 N–H and O–H groups in total. The van der Waals surface area contributed by atoms with Gasteiger partial charge >= 0.3 is 0 Å². The number of guanidine groups is 1. The van der Waals surface area contributed by atoms with E-state index in [-0.39, 0.29) is 18.4 Å². The standard InChI is InChI=1S/C27H24N4O/c28-27(29)31(19-17-21-8-3-1-4-9-21)26(32)20-30-18-7-12-25(30)24-15-13-23(14-16-24)22-10-5-2-6-11-22/h1-19H,20H2,(H3,28,29). The number of rotatable bonds is 6. The first-order chi connectivity index (χ1) is 15.6. The van der Waals surface area contributed by atoms with Crippen molar-refractivity contribution in [2.75, 3.05) is 0 Å². The second-order valence-corrected chi connectivity index (χ2v) is 7.34. The molecule has 158 valence electrons. The average Bonchev–Trinajstić information content (AvgIpc) is 3.28. The Bertz CT molecular complexity index is 1230. The Morgan fingerprint density at radius 1 is 0.812 bits per heavy atom. The summed E-state index contributed by atoms with van der Waals surface area (Å²) in [7, 11) is 0. The molecule has 0 aliphatic carbocycles. The molecule has 1 aromatic heterocycles. The number of hydrogen-bond acceptors (Lipinski definition) is 2. The van der Waals surface area contributed by atoms with Crippen molar-refractivity contribution in [2.24, 2.45) is 5.73 Å². The minimum atomic E-state index is -0.317. The molecule has 0 unspecified atom stereocenters. The van der Waals surface area contributed by atoms with Crippen molar-refractivity contribution in [3.05, 3.63) is 115 Å². The minimum absolute atomic E-state index is 0.0709. The normalized spacial score (nSPS) is 10.9. The van der Waals surface area contributed by atoms with Gasteiger partial charge in [-0.1, -0.05) is 84.9 Å². The van der Waals surface area contributed by atoms with Crippen molar-refractivity contribution < 1.29 is 4.79 Å². The van der Waals surface area contributed by atoms with Crippen molar-refractivity contribution in [1.82, 2.24) is 9.47 Å². The van der Waals surface area contributed by atoms with E-state index in [0.29, 0.717) is 0 Å². The molecule has 0 bridgehead atoms. The molecule has 0 saturated carbocycles. The van der Waals surface area contributed by atoms with Gasteiger partial charge in [-0.15, -0.1) is 0 Å². The Morgan fingerprint density at radius 3 is 2.06 bits per heavy atom. The number of hydrogen-bond donors (Lipinski definition) is 2. The summed E-state index contributed by atoms with van der Waals surface area (Å²) in [6.45, 7) is 0.0709. The van der Waals surface area contributed by atoms with Crippen LogP contribution in [0.25, 0.3) is 28.5 Å². The molecule has 3 aromatic carbocycles. The van der Waals surface area contributed by atoms with E-state index in [0.717, 1.165) is 32.8 Å². The number of benzene rings is 3. The summed E-state index contributed by atoms with van der Waals surface area (Å²) in [5.74, 6) is -0.605. The van der Waals surface area contributed by atoms with Crippen LogP contribution in [0.1, 0.15) is 5.56 Å². The molecule has 0 saturated heterocycles. The topological polar surface area (TPSA) is 75.1 Å². The fourth-order valence-electron chi connectivity index (χ4n) is 3.52. The highest BCUT2D eigenvalue weighted by Gasteiger charge is 2.16. The highest BCUT2D eigenvalue weighted by Crippen LogP contribution is 2.25. The van der Waals surface area contributed by atoms with Crippen molar-refractivity contribution in [3.8, 4) is 22.4 Å². The molecule has 32 heavy (non-hydrogen) atoms. The highest BCUT2D eigenvalue weighted by molar-refractivity contribution is 5.96. The molecule has 1 heterocycles. The van der Waals surface area contributed by atoms with Gasteiger partial charge in [0, 0.05) is 18.1 Å². The number of nitrogens with zero attached hydrogens (tertiary/aromatic N) is 2. The lowest BCUT2D eigenvalue weighted by molar-refractivity contribution is -0.126. The summed E-state index contributed by atoms with van der Waals surface area (Å²) < 4.78 is 1.87. The quantitative estimate of drug-likeness (QED) is 0.332. The summed E-state index contributed by atoms with van der Waals surface area (Å²) in [6, 6.07) is 31.9. The zero-order valence-corrected chi connectivity index (χ0v) is 17.6. The summed E-state index contributed by atoms with van der Waals surface area (Å²) in [6.07, 6.45) is 5.16. The molecule has 1 amide bonds. The molecule has 0 radical (unpaired) electrons. The molecule has 0 aliphatic rings. The van der Waals surface area contributed by atoms with Gasteiger partial charge in [-0.2, -0.15) is 0 Å². The number of nitrogens with two attached hydrogens (primary N) is 1. The fourth-order valence-corrected chi connectivity index (χ4v) is 3.52. The third-order valence-corrected chi connectivity index (χ3v) is 5.17. The molecule has 5 heteroatoms. The number of nitrogens with one attached hydrogen (secondary N) is 1. The van der Waals surface area contributed by atoms with E-state index in [2.05, 4.69) is 36.4 Å². The van der Waals surface area contributed by atoms with Crippen molar-refractivity contribution >= 4 is 17.9 Å². The van der Waals surface area contributed by atoms with Gasteiger partial charge in [-0.3, -0.25) is 15.1 Å². The maximum absolute atomic E-state index is 12.9. The molecule has 0 aliphatic heterocycles. The van der Waals surface area contributed by atoms with Gasteiger partial charge < -0.3 is 10.3 Å². The van der Waals surface area contributed by atoms with E-state index < -0.39 is 0 Å². The lowest BCUT2D eigenvalue weighted by Gasteiger charge is -2.18. The van der Waals surface area contributed by atoms with Crippen LogP contribution >= 0.6 is 0 Å². The van der Waals surface area contributed by atoms with Crippen molar-refractivity contribution in [3.63, 3.8) is 0 Å². The van der Waals surface area contributed by atoms with Gasteiger partial charge in [-0.25, -0.2) is 0 Å². The second kappa shape index (κ2) is 9.62. The molecule has 4 aromatic rings.